The molecule has 162 valence electrons. The Kier molecular flexibility index (Phi) is 4.76. The Morgan fingerprint density at radius 1 is 1.10 bits per heavy atom. The number of carboxylic acid groups (broad SMARTS) is 1. The third-order valence-corrected chi connectivity index (χ3v) is 8.22. The Hall–Kier alpha value is -2.38. The number of fused-ring (bicyclic) bond motifs is 6. The number of anilines is 2. The lowest BCUT2D eigenvalue weighted by Gasteiger charge is -2.45. The van der Waals surface area contributed by atoms with Crippen molar-refractivity contribution in [1.29, 1.82) is 0 Å². The first-order valence-corrected chi connectivity index (χ1v) is 12.0. The van der Waals surface area contributed by atoms with Crippen LogP contribution in [0.2, 0.25) is 0 Å². The number of nitrogens with zero attached hydrogens (tertiary/aromatic N) is 1. The largest absolute Gasteiger partial charge is 0.492 e. The maximum atomic E-state index is 12.1. The molecule has 0 aromatic heterocycles. The molecule has 4 fully saturated rings. The summed E-state index contributed by atoms with van der Waals surface area (Å²) in [7, 11) is 0. The van der Waals surface area contributed by atoms with Crippen LogP contribution in [-0.4, -0.2) is 48.3 Å². The average molecular weight is 438 g/mol. The highest BCUT2D eigenvalue weighted by molar-refractivity contribution is 8.00. The van der Waals surface area contributed by atoms with E-state index in [4.69, 9.17) is 4.74 Å². The van der Waals surface area contributed by atoms with Gasteiger partial charge in [-0.3, -0.25) is 0 Å². The first kappa shape index (κ1) is 19.3. The highest BCUT2D eigenvalue weighted by Gasteiger charge is 2.45. The highest BCUT2D eigenvalue weighted by atomic mass is 32.2. The van der Waals surface area contributed by atoms with Gasteiger partial charge in [-0.1, -0.05) is 18.2 Å². The third-order valence-electron chi connectivity index (χ3n) is 7.32. The fourth-order valence-electron chi connectivity index (χ4n) is 5.46. The first-order chi connectivity index (χ1) is 15.2. The summed E-state index contributed by atoms with van der Waals surface area (Å²) in [5.74, 6) is 1.37. The van der Waals surface area contributed by atoms with Crippen LogP contribution in [0.15, 0.2) is 41.3 Å². The lowest BCUT2D eigenvalue weighted by atomic mass is 9.84. The minimum absolute atomic E-state index is 0.248. The second kappa shape index (κ2) is 7.64. The van der Waals surface area contributed by atoms with E-state index < -0.39 is 5.97 Å². The molecule has 3 saturated heterocycles. The van der Waals surface area contributed by atoms with Crippen molar-refractivity contribution < 1.29 is 14.6 Å². The zero-order chi connectivity index (χ0) is 20.9. The number of rotatable bonds is 6. The number of ether oxygens (including phenoxy) is 1. The molecule has 0 radical (unpaired) electrons. The van der Waals surface area contributed by atoms with Gasteiger partial charge in [-0.2, -0.15) is 0 Å². The monoisotopic (exact) mass is 437 g/mol. The van der Waals surface area contributed by atoms with Gasteiger partial charge in [0.25, 0.3) is 0 Å². The van der Waals surface area contributed by atoms with Crippen LogP contribution in [0.4, 0.5) is 11.4 Å². The lowest BCUT2D eigenvalue weighted by molar-refractivity contribution is 0.0692. The number of hydrogen-bond acceptors (Lipinski definition) is 6. The van der Waals surface area contributed by atoms with Crippen LogP contribution in [0.3, 0.4) is 0 Å². The molecule has 7 rings (SSSR count). The van der Waals surface area contributed by atoms with Gasteiger partial charge in [0.2, 0.25) is 0 Å². The fourth-order valence-corrected chi connectivity index (χ4v) is 6.23. The van der Waals surface area contributed by atoms with Crippen LogP contribution in [0.5, 0.6) is 5.75 Å². The Bertz CT molecular complexity index is 1020. The van der Waals surface area contributed by atoms with Gasteiger partial charge in [-0.25, -0.2) is 4.79 Å². The van der Waals surface area contributed by atoms with E-state index in [0.717, 1.165) is 35.0 Å². The minimum Gasteiger partial charge on any atom is -0.492 e. The summed E-state index contributed by atoms with van der Waals surface area (Å²) >= 11 is 1.46. The van der Waals surface area contributed by atoms with Crippen LogP contribution in [0.25, 0.3) is 0 Å². The van der Waals surface area contributed by atoms with Crippen LogP contribution in [0, 0.1) is 11.8 Å². The predicted octanol–water partition coefficient (Wildman–Crippen LogP) is 4.51. The van der Waals surface area contributed by atoms with E-state index in [1.165, 1.54) is 37.9 Å². The summed E-state index contributed by atoms with van der Waals surface area (Å²) in [5, 5.41) is 13.7. The number of carboxylic acids is 1. The molecule has 2 unspecified atom stereocenters. The highest BCUT2D eigenvalue weighted by Crippen LogP contribution is 2.55. The number of para-hydroxylation sites is 1. The topological polar surface area (TPSA) is 73.8 Å². The molecule has 2 aromatic rings. The standard InChI is InChI=1S/C24H27N3O3S/c28-24(29)22-19(6-5-16-17-11-15(17)13-30-23(16)22)26-31-21-4-2-1-3-18(21)25-20-12-27-9-7-14(20)8-10-27/h1-6,14-15,17,20,25-26H,7-13H2,(H,28,29)/t15?,17?,20-/m0/s1. The summed E-state index contributed by atoms with van der Waals surface area (Å²) < 4.78 is 9.17. The van der Waals surface area contributed by atoms with Crippen molar-refractivity contribution in [3.8, 4) is 5.75 Å². The van der Waals surface area contributed by atoms with Crippen molar-refractivity contribution in [3.63, 3.8) is 0 Å². The third kappa shape index (κ3) is 3.53. The van der Waals surface area contributed by atoms with Crippen LogP contribution < -0.4 is 14.8 Å². The van der Waals surface area contributed by atoms with E-state index in [9.17, 15) is 9.90 Å². The van der Waals surface area contributed by atoms with Gasteiger partial charge in [0.1, 0.15) is 11.3 Å². The molecule has 2 bridgehead atoms. The molecular formula is C24H27N3O3S. The van der Waals surface area contributed by atoms with Crippen LogP contribution in [0.1, 0.15) is 41.1 Å². The molecule has 7 heteroatoms. The molecular weight excluding hydrogens is 410 g/mol. The SMILES string of the molecule is O=C(O)c1c(NSc2ccccc2N[C@H]2CN3CCC2CC3)ccc2c1OCC1CC21. The van der Waals surface area contributed by atoms with E-state index in [0.29, 0.717) is 35.9 Å². The van der Waals surface area contributed by atoms with Crippen LogP contribution in [-0.2, 0) is 0 Å². The zero-order valence-corrected chi connectivity index (χ0v) is 18.2. The molecule has 2 aromatic carbocycles. The summed E-state index contributed by atoms with van der Waals surface area (Å²) in [6.07, 6.45) is 3.64. The summed E-state index contributed by atoms with van der Waals surface area (Å²) in [5.41, 5.74) is 2.99. The maximum absolute atomic E-state index is 12.1. The van der Waals surface area contributed by atoms with Gasteiger partial charge in [0.05, 0.1) is 17.2 Å². The van der Waals surface area contributed by atoms with Gasteiger partial charge in [0, 0.05) is 24.2 Å². The molecule has 3 atom stereocenters. The van der Waals surface area contributed by atoms with Crippen molar-refractivity contribution in [1.82, 2.24) is 4.90 Å². The summed E-state index contributed by atoms with van der Waals surface area (Å²) in [6, 6.07) is 12.7. The Labute approximate surface area is 186 Å². The molecule has 31 heavy (non-hydrogen) atoms. The molecule has 4 aliphatic heterocycles. The van der Waals surface area contributed by atoms with Crippen molar-refractivity contribution in [2.75, 3.05) is 36.3 Å². The van der Waals surface area contributed by atoms with Gasteiger partial charge in [-0.05, 0) is 79.9 Å². The summed E-state index contributed by atoms with van der Waals surface area (Å²) in [6.45, 7) is 4.17. The fraction of sp³-hybridized carbons (Fsp3) is 0.458. The smallest absolute Gasteiger partial charge is 0.341 e. The second-order valence-electron chi connectivity index (χ2n) is 9.21. The quantitative estimate of drug-likeness (QED) is 0.575. The van der Waals surface area contributed by atoms with Crippen molar-refractivity contribution in [2.45, 2.75) is 36.1 Å². The Morgan fingerprint density at radius 3 is 2.71 bits per heavy atom. The van der Waals surface area contributed by atoms with E-state index in [2.05, 4.69) is 33.1 Å². The van der Waals surface area contributed by atoms with Crippen molar-refractivity contribution in [2.24, 2.45) is 11.8 Å². The maximum Gasteiger partial charge on any atom is 0.341 e. The zero-order valence-electron chi connectivity index (χ0n) is 17.3. The first-order valence-electron chi connectivity index (χ1n) is 11.2. The van der Waals surface area contributed by atoms with E-state index in [1.807, 2.05) is 18.2 Å². The number of carbonyl (C=O) groups is 1. The molecule has 4 heterocycles. The minimum atomic E-state index is -0.947. The summed E-state index contributed by atoms with van der Waals surface area (Å²) in [4.78, 5) is 15.7. The Balaban J connectivity index is 1.22. The van der Waals surface area contributed by atoms with Gasteiger partial charge < -0.3 is 24.8 Å². The number of hydrogen-bond donors (Lipinski definition) is 3. The normalized spacial score (nSPS) is 30.0. The molecule has 0 amide bonds. The van der Waals surface area contributed by atoms with Crippen molar-refractivity contribution in [3.05, 3.63) is 47.5 Å². The molecule has 0 spiro atoms. The average Bonchev–Trinajstić information content (AvgIpc) is 3.59. The number of aromatic carboxylic acids is 1. The van der Waals surface area contributed by atoms with Gasteiger partial charge in [-0.15, -0.1) is 0 Å². The van der Waals surface area contributed by atoms with Gasteiger partial charge in [0.15, 0.2) is 0 Å². The molecule has 6 nitrogen and oxygen atoms in total. The van der Waals surface area contributed by atoms with E-state index >= 15 is 0 Å². The van der Waals surface area contributed by atoms with E-state index in [-0.39, 0.29) is 5.56 Å². The number of piperidine rings is 3. The predicted molar refractivity (Wildman–Crippen MR) is 122 cm³/mol. The molecule has 1 aliphatic carbocycles. The van der Waals surface area contributed by atoms with Crippen LogP contribution >= 0.6 is 11.9 Å². The van der Waals surface area contributed by atoms with Crippen molar-refractivity contribution >= 4 is 29.3 Å². The number of benzene rings is 2. The lowest BCUT2D eigenvalue weighted by Crippen LogP contribution is -2.53. The number of nitrogens with one attached hydrogen (secondary N) is 2. The van der Waals surface area contributed by atoms with Gasteiger partial charge >= 0.3 is 5.97 Å². The molecule has 1 saturated carbocycles. The van der Waals surface area contributed by atoms with E-state index in [1.54, 1.807) is 0 Å². The second-order valence-corrected chi connectivity index (χ2v) is 10.1. The molecule has 5 aliphatic rings. The Morgan fingerprint density at radius 2 is 1.94 bits per heavy atom. The molecule has 3 N–H and O–H groups in total.